The fourth-order valence-electron chi connectivity index (χ4n) is 3.71. The molecule has 0 unspecified atom stereocenters. The van der Waals surface area contributed by atoms with E-state index in [4.69, 9.17) is 4.98 Å². The maximum atomic E-state index is 9.96. The highest BCUT2D eigenvalue weighted by Crippen LogP contribution is 2.42. The molecule has 1 aliphatic carbocycles. The summed E-state index contributed by atoms with van der Waals surface area (Å²) in [6, 6.07) is 0. The molecule has 0 spiro atoms. The van der Waals surface area contributed by atoms with Crippen molar-refractivity contribution in [3.63, 3.8) is 0 Å². The predicted octanol–water partition coefficient (Wildman–Crippen LogP) is 4.30. The van der Waals surface area contributed by atoms with Crippen LogP contribution in [0.5, 0.6) is 0 Å². The SMILES string of the molecule is CCCCC1CCC(CO)(Cc2cn3ccsc3n2)CC1. The molecule has 1 saturated carbocycles. The fourth-order valence-corrected chi connectivity index (χ4v) is 4.43. The summed E-state index contributed by atoms with van der Waals surface area (Å²) < 4.78 is 2.10. The lowest BCUT2D eigenvalue weighted by atomic mass is 9.68. The Morgan fingerprint density at radius 3 is 2.90 bits per heavy atom. The van der Waals surface area contributed by atoms with Crippen LogP contribution in [0.3, 0.4) is 0 Å². The molecule has 0 bridgehead atoms. The molecule has 3 nitrogen and oxygen atoms in total. The highest BCUT2D eigenvalue weighted by molar-refractivity contribution is 7.15. The molecule has 2 aromatic rings. The Labute approximate surface area is 131 Å². The first kappa shape index (κ1) is 15.0. The summed E-state index contributed by atoms with van der Waals surface area (Å²) in [5.74, 6) is 0.884. The van der Waals surface area contributed by atoms with Crippen molar-refractivity contribution in [2.24, 2.45) is 11.3 Å². The van der Waals surface area contributed by atoms with Gasteiger partial charge in [0, 0.05) is 24.4 Å². The number of aliphatic hydroxyl groups excluding tert-OH is 1. The van der Waals surface area contributed by atoms with Crippen LogP contribution in [0.4, 0.5) is 0 Å². The molecule has 1 fully saturated rings. The maximum Gasteiger partial charge on any atom is 0.193 e. The van der Waals surface area contributed by atoms with Crippen molar-refractivity contribution < 1.29 is 5.11 Å². The van der Waals surface area contributed by atoms with Gasteiger partial charge in [-0.25, -0.2) is 4.98 Å². The normalized spacial score (nSPS) is 26.5. The van der Waals surface area contributed by atoms with Gasteiger partial charge in [0.1, 0.15) is 0 Å². The molecule has 2 heterocycles. The van der Waals surface area contributed by atoms with E-state index in [0.717, 1.165) is 35.8 Å². The number of hydrogen-bond donors (Lipinski definition) is 1. The zero-order chi connectivity index (χ0) is 14.7. The summed E-state index contributed by atoms with van der Waals surface area (Å²) >= 11 is 1.68. The molecule has 0 aromatic carbocycles. The van der Waals surface area contributed by atoms with Gasteiger partial charge in [0.2, 0.25) is 0 Å². The van der Waals surface area contributed by atoms with Crippen molar-refractivity contribution in [3.05, 3.63) is 23.5 Å². The maximum absolute atomic E-state index is 9.96. The molecule has 0 aliphatic heterocycles. The monoisotopic (exact) mass is 306 g/mol. The summed E-state index contributed by atoms with van der Waals surface area (Å²) in [5.41, 5.74) is 1.22. The number of aromatic nitrogens is 2. The van der Waals surface area contributed by atoms with E-state index >= 15 is 0 Å². The number of unbranched alkanes of at least 4 members (excludes halogenated alkanes) is 1. The number of hydrogen-bond acceptors (Lipinski definition) is 3. The first-order valence-corrected chi connectivity index (χ1v) is 9.14. The van der Waals surface area contributed by atoms with E-state index in [1.165, 1.54) is 32.1 Å². The number of imidazole rings is 1. The van der Waals surface area contributed by atoms with Gasteiger partial charge in [-0.1, -0.05) is 26.2 Å². The molecular weight excluding hydrogens is 280 g/mol. The van der Waals surface area contributed by atoms with E-state index < -0.39 is 0 Å². The Bertz CT molecular complexity index is 538. The van der Waals surface area contributed by atoms with Crippen molar-refractivity contribution >= 4 is 16.3 Å². The molecule has 4 heteroatoms. The average Bonchev–Trinajstić information content (AvgIpc) is 3.07. The van der Waals surface area contributed by atoms with Crippen LogP contribution >= 0.6 is 11.3 Å². The van der Waals surface area contributed by atoms with Gasteiger partial charge < -0.3 is 5.11 Å². The molecule has 116 valence electrons. The molecular formula is C17H26N2OS. The number of thiazole rings is 1. The largest absolute Gasteiger partial charge is 0.396 e. The number of fused-ring (bicyclic) bond motifs is 1. The minimum Gasteiger partial charge on any atom is -0.396 e. The summed E-state index contributed by atoms with van der Waals surface area (Å²) in [7, 11) is 0. The lowest BCUT2D eigenvalue weighted by Gasteiger charge is -2.38. The van der Waals surface area contributed by atoms with E-state index in [0.29, 0.717) is 6.61 Å². The van der Waals surface area contributed by atoms with Crippen molar-refractivity contribution in [2.75, 3.05) is 6.61 Å². The third kappa shape index (κ3) is 3.32. The lowest BCUT2D eigenvalue weighted by molar-refractivity contribution is 0.0613. The summed E-state index contributed by atoms with van der Waals surface area (Å²) in [4.78, 5) is 5.76. The van der Waals surface area contributed by atoms with E-state index in [9.17, 15) is 5.11 Å². The zero-order valence-electron chi connectivity index (χ0n) is 12.9. The molecule has 2 aromatic heterocycles. The molecule has 1 N–H and O–H groups in total. The second-order valence-corrected chi connectivity index (χ2v) is 7.62. The van der Waals surface area contributed by atoms with Crippen LogP contribution in [0.2, 0.25) is 0 Å². The van der Waals surface area contributed by atoms with Crippen molar-refractivity contribution in [2.45, 2.75) is 58.3 Å². The van der Waals surface area contributed by atoms with Crippen LogP contribution in [0.1, 0.15) is 57.6 Å². The Balaban J connectivity index is 1.63. The Hall–Kier alpha value is -0.870. The fraction of sp³-hybridized carbons (Fsp3) is 0.706. The first-order valence-electron chi connectivity index (χ1n) is 8.26. The minimum absolute atomic E-state index is 0.0761. The predicted molar refractivity (Wildman–Crippen MR) is 87.8 cm³/mol. The van der Waals surface area contributed by atoms with Crippen LogP contribution in [-0.4, -0.2) is 21.1 Å². The quantitative estimate of drug-likeness (QED) is 0.864. The van der Waals surface area contributed by atoms with Gasteiger partial charge in [-0.05, 0) is 43.4 Å². The van der Waals surface area contributed by atoms with E-state index in [-0.39, 0.29) is 5.41 Å². The summed E-state index contributed by atoms with van der Waals surface area (Å²) in [6.45, 7) is 2.57. The summed E-state index contributed by atoms with van der Waals surface area (Å²) in [6.07, 6.45) is 14.0. The molecule has 1 aliphatic rings. The van der Waals surface area contributed by atoms with Crippen LogP contribution in [0.25, 0.3) is 4.96 Å². The van der Waals surface area contributed by atoms with Crippen LogP contribution in [-0.2, 0) is 6.42 Å². The third-order valence-corrected chi connectivity index (χ3v) is 5.94. The van der Waals surface area contributed by atoms with Crippen LogP contribution < -0.4 is 0 Å². The summed E-state index contributed by atoms with van der Waals surface area (Å²) in [5, 5.41) is 12.0. The van der Waals surface area contributed by atoms with Gasteiger partial charge in [0.25, 0.3) is 0 Å². The second-order valence-electron chi connectivity index (χ2n) is 6.75. The smallest absolute Gasteiger partial charge is 0.193 e. The Kier molecular flexibility index (Phi) is 4.65. The molecule has 21 heavy (non-hydrogen) atoms. The Morgan fingerprint density at radius 2 is 2.24 bits per heavy atom. The average molecular weight is 306 g/mol. The molecule has 0 atom stereocenters. The molecule has 0 amide bonds. The second kappa shape index (κ2) is 6.49. The third-order valence-electron chi connectivity index (χ3n) is 5.17. The standard InChI is InChI=1S/C17H26N2OS/c1-2-3-4-14-5-7-17(13-20,8-6-14)11-15-12-19-9-10-21-16(19)18-15/h9-10,12,14,20H,2-8,11,13H2,1H3. The van der Waals surface area contributed by atoms with Gasteiger partial charge >= 0.3 is 0 Å². The number of aliphatic hydroxyl groups is 1. The van der Waals surface area contributed by atoms with Crippen molar-refractivity contribution in [1.29, 1.82) is 0 Å². The first-order chi connectivity index (χ1) is 10.2. The van der Waals surface area contributed by atoms with Gasteiger partial charge in [0.15, 0.2) is 4.96 Å². The van der Waals surface area contributed by atoms with Gasteiger partial charge in [-0.3, -0.25) is 4.40 Å². The van der Waals surface area contributed by atoms with Crippen LogP contribution in [0, 0.1) is 11.3 Å². The minimum atomic E-state index is 0.0761. The number of nitrogens with zero attached hydrogens (tertiary/aromatic N) is 2. The van der Waals surface area contributed by atoms with Gasteiger partial charge in [-0.15, -0.1) is 11.3 Å². The topological polar surface area (TPSA) is 37.5 Å². The van der Waals surface area contributed by atoms with E-state index in [1.54, 1.807) is 11.3 Å². The van der Waals surface area contributed by atoms with Gasteiger partial charge in [0.05, 0.1) is 5.69 Å². The van der Waals surface area contributed by atoms with E-state index in [1.807, 2.05) is 0 Å². The van der Waals surface area contributed by atoms with Crippen molar-refractivity contribution in [1.82, 2.24) is 9.38 Å². The highest BCUT2D eigenvalue weighted by Gasteiger charge is 2.35. The molecule has 0 radical (unpaired) electrons. The Morgan fingerprint density at radius 1 is 1.43 bits per heavy atom. The van der Waals surface area contributed by atoms with Crippen LogP contribution in [0.15, 0.2) is 17.8 Å². The lowest BCUT2D eigenvalue weighted by Crippen LogP contribution is -2.33. The zero-order valence-corrected chi connectivity index (χ0v) is 13.7. The molecule has 3 rings (SSSR count). The van der Waals surface area contributed by atoms with Crippen molar-refractivity contribution in [3.8, 4) is 0 Å². The molecule has 0 saturated heterocycles. The highest BCUT2D eigenvalue weighted by atomic mass is 32.1. The number of rotatable bonds is 6. The van der Waals surface area contributed by atoms with Gasteiger partial charge in [-0.2, -0.15) is 0 Å². The van der Waals surface area contributed by atoms with E-state index in [2.05, 4.69) is 29.1 Å².